The molecule has 1 fully saturated rings. The number of aromatic nitrogens is 4. The molecule has 34 heavy (non-hydrogen) atoms. The molecule has 4 aromatic rings. The molecule has 0 aliphatic carbocycles. The van der Waals surface area contributed by atoms with Gasteiger partial charge in [0, 0.05) is 23.9 Å². The Kier molecular flexibility index (Phi) is 6.53. The standard InChI is InChI=1S/C24H26N6O2S2/c1-14-7-8-18(15(2)11-14)27-19(31)13-33-24-29-28-22(30(24)12-16-5-4-10-32-16)21-20(25)17-6-3-9-26-23(17)34-21/h3,6-9,11,16H,4-5,10,12-13,25H2,1-2H3,(H,27,31)/t16-/m1/s1. The van der Waals surface area contributed by atoms with Crippen LogP contribution in [0.25, 0.3) is 20.9 Å². The van der Waals surface area contributed by atoms with Gasteiger partial charge in [-0.05, 0) is 50.5 Å². The average Bonchev–Trinajstić information content (AvgIpc) is 3.55. The molecule has 1 atom stereocenters. The van der Waals surface area contributed by atoms with E-state index in [-0.39, 0.29) is 17.8 Å². The molecule has 0 spiro atoms. The van der Waals surface area contributed by atoms with Crippen molar-refractivity contribution in [3.8, 4) is 10.7 Å². The van der Waals surface area contributed by atoms with Crippen LogP contribution in [0.15, 0.2) is 41.7 Å². The molecule has 4 heterocycles. The quantitative estimate of drug-likeness (QED) is 0.360. The number of fused-ring (bicyclic) bond motifs is 1. The van der Waals surface area contributed by atoms with E-state index >= 15 is 0 Å². The summed E-state index contributed by atoms with van der Waals surface area (Å²) in [7, 11) is 0. The Bertz CT molecular complexity index is 1340. The molecule has 3 aromatic heterocycles. The van der Waals surface area contributed by atoms with E-state index in [2.05, 4.69) is 26.6 Å². The van der Waals surface area contributed by atoms with Gasteiger partial charge in [-0.1, -0.05) is 29.5 Å². The molecule has 8 nitrogen and oxygen atoms in total. The maximum atomic E-state index is 12.7. The van der Waals surface area contributed by atoms with Gasteiger partial charge < -0.3 is 15.8 Å². The monoisotopic (exact) mass is 494 g/mol. The SMILES string of the molecule is Cc1ccc(NC(=O)CSc2nnc(-c3sc4ncccc4c3N)n2C[C@H]2CCCO2)c(C)c1. The molecule has 1 aliphatic rings. The first kappa shape index (κ1) is 22.8. The molecule has 0 unspecified atom stereocenters. The zero-order valence-electron chi connectivity index (χ0n) is 19.1. The fourth-order valence-electron chi connectivity index (χ4n) is 4.11. The van der Waals surface area contributed by atoms with Gasteiger partial charge in [0.1, 0.15) is 4.83 Å². The fraction of sp³-hybridized carbons (Fsp3) is 0.333. The highest BCUT2D eigenvalue weighted by Crippen LogP contribution is 2.40. The van der Waals surface area contributed by atoms with E-state index in [9.17, 15) is 4.79 Å². The zero-order valence-corrected chi connectivity index (χ0v) is 20.7. The predicted molar refractivity (Wildman–Crippen MR) is 137 cm³/mol. The number of hydrogen-bond donors (Lipinski definition) is 2. The molecule has 0 radical (unpaired) electrons. The molecule has 176 valence electrons. The number of carbonyl (C=O) groups is 1. The number of amides is 1. The number of thiophene rings is 1. The van der Waals surface area contributed by atoms with E-state index in [0.29, 0.717) is 23.2 Å². The summed E-state index contributed by atoms with van der Waals surface area (Å²) in [6, 6.07) is 9.82. The highest BCUT2D eigenvalue weighted by Gasteiger charge is 2.25. The highest BCUT2D eigenvalue weighted by molar-refractivity contribution is 7.99. The lowest BCUT2D eigenvalue weighted by Gasteiger charge is -2.14. The number of anilines is 2. The number of benzene rings is 1. The van der Waals surface area contributed by atoms with Crippen LogP contribution in [0.1, 0.15) is 24.0 Å². The van der Waals surface area contributed by atoms with Gasteiger partial charge in [0.25, 0.3) is 0 Å². The second-order valence-corrected chi connectivity index (χ2v) is 10.3. The summed E-state index contributed by atoms with van der Waals surface area (Å²) in [5, 5.41) is 13.5. The Morgan fingerprint density at radius 1 is 1.32 bits per heavy atom. The number of nitrogens with zero attached hydrogens (tertiary/aromatic N) is 4. The Balaban J connectivity index is 1.39. The first-order valence-electron chi connectivity index (χ1n) is 11.2. The Morgan fingerprint density at radius 2 is 2.21 bits per heavy atom. The largest absolute Gasteiger partial charge is 0.397 e. The number of pyridine rings is 1. The molecule has 5 rings (SSSR count). The summed E-state index contributed by atoms with van der Waals surface area (Å²) >= 11 is 2.87. The minimum absolute atomic E-state index is 0.0873. The van der Waals surface area contributed by atoms with Crippen molar-refractivity contribution in [2.75, 3.05) is 23.4 Å². The van der Waals surface area contributed by atoms with Gasteiger partial charge in [-0.3, -0.25) is 9.36 Å². The van der Waals surface area contributed by atoms with Crippen LogP contribution in [0, 0.1) is 13.8 Å². The number of hydrogen-bond acceptors (Lipinski definition) is 8. The third-order valence-corrected chi connectivity index (χ3v) is 7.92. The summed E-state index contributed by atoms with van der Waals surface area (Å²) in [4.78, 5) is 18.8. The van der Waals surface area contributed by atoms with Crippen molar-refractivity contribution in [3.63, 3.8) is 0 Å². The van der Waals surface area contributed by atoms with E-state index < -0.39 is 0 Å². The number of thioether (sulfide) groups is 1. The van der Waals surface area contributed by atoms with Gasteiger partial charge >= 0.3 is 0 Å². The maximum Gasteiger partial charge on any atom is 0.234 e. The molecule has 1 aromatic carbocycles. The molecule has 0 bridgehead atoms. The van der Waals surface area contributed by atoms with E-state index in [4.69, 9.17) is 10.5 Å². The first-order chi connectivity index (χ1) is 16.5. The first-order valence-corrected chi connectivity index (χ1v) is 13.0. The number of aryl methyl sites for hydroxylation is 2. The van der Waals surface area contributed by atoms with Crippen LogP contribution in [-0.4, -0.2) is 44.1 Å². The van der Waals surface area contributed by atoms with Crippen LogP contribution in [0.2, 0.25) is 0 Å². The Morgan fingerprint density at radius 3 is 2.97 bits per heavy atom. The number of ether oxygens (including phenoxy) is 1. The number of rotatable bonds is 7. The number of nitrogen functional groups attached to an aromatic ring is 1. The predicted octanol–water partition coefficient (Wildman–Crippen LogP) is 4.66. The van der Waals surface area contributed by atoms with Gasteiger partial charge in [0.15, 0.2) is 11.0 Å². The number of carbonyl (C=O) groups excluding carboxylic acids is 1. The lowest BCUT2D eigenvalue weighted by atomic mass is 10.1. The number of nitrogens with two attached hydrogens (primary N) is 1. The molecule has 1 amide bonds. The van der Waals surface area contributed by atoms with Gasteiger partial charge in [-0.15, -0.1) is 21.5 Å². The topological polar surface area (TPSA) is 108 Å². The molecule has 10 heteroatoms. The van der Waals surface area contributed by atoms with Gasteiger partial charge in [-0.25, -0.2) is 4.98 Å². The van der Waals surface area contributed by atoms with Gasteiger partial charge in [0.05, 0.1) is 29.0 Å². The normalized spacial score (nSPS) is 15.8. The van der Waals surface area contributed by atoms with Crippen molar-refractivity contribution < 1.29 is 9.53 Å². The van der Waals surface area contributed by atoms with Crippen LogP contribution >= 0.6 is 23.1 Å². The average molecular weight is 495 g/mol. The molecule has 1 saturated heterocycles. The van der Waals surface area contributed by atoms with Crippen molar-refractivity contribution in [2.45, 2.75) is 44.5 Å². The number of nitrogens with one attached hydrogen (secondary N) is 1. The molecule has 1 aliphatic heterocycles. The van der Waals surface area contributed by atoms with Crippen molar-refractivity contribution in [2.24, 2.45) is 0 Å². The van der Waals surface area contributed by atoms with Crippen LogP contribution < -0.4 is 11.1 Å². The minimum atomic E-state index is -0.0873. The maximum absolute atomic E-state index is 12.7. The Labute approximate surface area is 205 Å². The molecule has 0 saturated carbocycles. The van der Waals surface area contributed by atoms with E-state index in [0.717, 1.165) is 51.4 Å². The minimum Gasteiger partial charge on any atom is -0.397 e. The third-order valence-electron chi connectivity index (χ3n) is 5.82. The Hall–Kier alpha value is -2.95. The lowest BCUT2D eigenvalue weighted by Crippen LogP contribution is -2.18. The van der Waals surface area contributed by atoms with Crippen molar-refractivity contribution >= 4 is 50.6 Å². The summed E-state index contributed by atoms with van der Waals surface area (Å²) in [6.07, 6.45) is 3.87. The van der Waals surface area contributed by atoms with Crippen LogP contribution in [0.5, 0.6) is 0 Å². The van der Waals surface area contributed by atoms with Crippen LogP contribution in [-0.2, 0) is 16.1 Å². The summed E-state index contributed by atoms with van der Waals surface area (Å²) in [5.74, 6) is 0.824. The molecule has 3 N–H and O–H groups in total. The summed E-state index contributed by atoms with van der Waals surface area (Å²) in [6.45, 7) is 5.40. The summed E-state index contributed by atoms with van der Waals surface area (Å²) < 4.78 is 7.92. The van der Waals surface area contributed by atoms with E-state index in [1.807, 2.05) is 42.7 Å². The lowest BCUT2D eigenvalue weighted by molar-refractivity contribution is -0.113. The van der Waals surface area contributed by atoms with Crippen LogP contribution in [0.4, 0.5) is 11.4 Å². The second-order valence-electron chi connectivity index (χ2n) is 8.41. The van der Waals surface area contributed by atoms with Crippen LogP contribution in [0.3, 0.4) is 0 Å². The highest BCUT2D eigenvalue weighted by atomic mass is 32.2. The molecular formula is C24H26N6O2S2. The molecular weight excluding hydrogens is 468 g/mol. The smallest absolute Gasteiger partial charge is 0.234 e. The van der Waals surface area contributed by atoms with E-state index in [1.165, 1.54) is 23.1 Å². The van der Waals surface area contributed by atoms with Crippen molar-refractivity contribution in [3.05, 3.63) is 47.7 Å². The van der Waals surface area contributed by atoms with E-state index in [1.54, 1.807) is 6.20 Å². The van der Waals surface area contributed by atoms with Gasteiger partial charge in [-0.2, -0.15) is 0 Å². The second kappa shape index (κ2) is 9.73. The van der Waals surface area contributed by atoms with Crippen molar-refractivity contribution in [1.29, 1.82) is 0 Å². The van der Waals surface area contributed by atoms with Crippen molar-refractivity contribution in [1.82, 2.24) is 19.7 Å². The summed E-state index contributed by atoms with van der Waals surface area (Å²) in [5.41, 5.74) is 10.2. The van der Waals surface area contributed by atoms with Gasteiger partial charge in [0.2, 0.25) is 5.91 Å². The fourth-order valence-corrected chi connectivity index (χ4v) is 5.91. The third kappa shape index (κ3) is 4.66. The zero-order chi connectivity index (χ0) is 23.7.